The molecule has 0 amide bonds. The lowest BCUT2D eigenvalue weighted by Crippen LogP contribution is -2.14. The van der Waals surface area contributed by atoms with Crippen LogP contribution in [0.4, 0.5) is 0 Å². The highest BCUT2D eigenvalue weighted by molar-refractivity contribution is 5.91. The molecule has 0 saturated heterocycles. The van der Waals surface area contributed by atoms with Gasteiger partial charge in [-0.2, -0.15) is 0 Å². The lowest BCUT2D eigenvalue weighted by atomic mass is 10.2. The Labute approximate surface area is 309 Å². The first kappa shape index (κ1) is 36.3. The Balaban J connectivity index is 1.04. The molecule has 0 heterocycles. The van der Waals surface area contributed by atoms with Gasteiger partial charge >= 0.3 is 11.9 Å². The van der Waals surface area contributed by atoms with Crippen LogP contribution in [0.5, 0.6) is 23.0 Å². The maximum atomic E-state index is 12.8. The van der Waals surface area contributed by atoms with Gasteiger partial charge in [-0.25, -0.2) is 0 Å². The van der Waals surface area contributed by atoms with Gasteiger partial charge in [0.2, 0.25) is 0 Å². The van der Waals surface area contributed by atoms with Gasteiger partial charge in [-0.15, -0.1) is 0 Å². The molecule has 6 rings (SSSR count). The molecule has 0 bridgehead atoms. The third-order valence-corrected chi connectivity index (χ3v) is 7.96. The predicted octanol–water partition coefficient (Wildman–Crippen LogP) is 9.18. The second-order valence-corrected chi connectivity index (χ2v) is 12.2. The van der Waals surface area contributed by atoms with Crippen LogP contribution >= 0.6 is 0 Å². The highest BCUT2D eigenvalue weighted by Gasteiger charge is 2.15. The van der Waals surface area contributed by atoms with E-state index in [-0.39, 0.29) is 13.2 Å². The van der Waals surface area contributed by atoms with Gasteiger partial charge in [-0.3, -0.25) is 9.59 Å². The van der Waals surface area contributed by atoms with Gasteiger partial charge in [-0.05, 0) is 57.6 Å². The lowest BCUT2D eigenvalue weighted by Gasteiger charge is -2.14. The van der Waals surface area contributed by atoms with E-state index in [4.69, 9.17) is 28.4 Å². The molecular weight excluding hydrogens is 668 g/mol. The van der Waals surface area contributed by atoms with Crippen LogP contribution in [0.3, 0.4) is 0 Å². The number of esters is 2. The van der Waals surface area contributed by atoms with Crippen LogP contribution in [-0.2, 0) is 58.7 Å². The quantitative estimate of drug-likeness (QED) is 0.0645. The van der Waals surface area contributed by atoms with Crippen LogP contribution in [0.15, 0.2) is 158 Å². The fourth-order valence-corrected chi connectivity index (χ4v) is 5.27. The van der Waals surface area contributed by atoms with Gasteiger partial charge in [0, 0.05) is 12.1 Å². The summed E-state index contributed by atoms with van der Waals surface area (Å²) in [6.07, 6.45) is -0.552. The number of benzene rings is 6. The maximum absolute atomic E-state index is 12.8. The third-order valence-electron chi connectivity index (χ3n) is 7.96. The Morgan fingerprint density at radius 3 is 0.849 bits per heavy atom. The highest BCUT2D eigenvalue weighted by atomic mass is 16.6. The van der Waals surface area contributed by atoms with Crippen molar-refractivity contribution in [3.05, 3.63) is 191 Å². The van der Waals surface area contributed by atoms with Gasteiger partial charge in [-0.1, -0.05) is 121 Å². The fraction of sp³-hybridized carbons (Fsp3) is 0.156. The van der Waals surface area contributed by atoms with Crippen molar-refractivity contribution < 1.29 is 38.0 Å². The van der Waals surface area contributed by atoms with Crippen LogP contribution in [0, 0.1) is 0 Å². The van der Waals surface area contributed by atoms with Gasteiger partial charge in [0.1, 0.15) is 69.1 Å². The molecule has 268 valence electrons. The first-order chi connectivity index (χ1) is 26.0. The Kier molecular flexibility index (Phi) is 13.1. The average Bonchev–Trinajstić information content (AvgIpc) is 3.20. The van der Waals surface area contributed by atoms with Gasteiger partial charge < -0.3 is 28.4 Å². The van der Waals surface area contributed by atoms with Crippen LogP contribution in [0.25, 0.3) is 0 Å². The zero-order chi connectivity index (χ0) is 36.5. The molecule has 0 unspecified atom stereocenters. The smallest absolute Gasteiger partial charge is 0.317 e. The van der Waals surface area contributed by atoms with E-state index < -0.39 is 18.4 Å². The van der Waals surface area contributed by atoms with Crippen LogP contribution in [0.2, 0.25) is 0 Å². The van der Waals surface area contributed by atoms with Crippen molar-refractivity contribution in [3.63, 3.8) is 0 Å². The number of ether oxygens (including phenoxy) is 6. The molecule has 53 heavy (non-hydrogen) atoms. The van der Waals surface area contributed by atoms with Gasteiger partial charge in [0.05, 0.1) is 0 Å². The molecule has 8 heteroatoms. The van der Waals surface area contributed by atoms with E-state index >= 15 is 0 Å². The van der Waals surface area contributed by atoms with E-state index in [0.717, 1.165) is 22.3 Å². The number of carbonyl (C=O) groups is 2. The summed E-state index contributed by atoms with van der Waals surface area (Å²) in [7, 11) is 0. The summed E-state index contributed by atoms with van der Waals surface area (Å²) in [5, 5.41) is 0. The highest BCUT2D eigenvalue weighted by Crippen LogP contribution is 2.27. The Morgan fingerprint density at radius 1 is 0.321 bits per heavy atom. The molecule has 6 aromatic carbocycles. The molecule has 8 nitrogen and oxygen atoms in total. The van der Waals surface area contributed by atoms with E-state index in [1.165, 1.54) is 0 Å². The summed E-state index contributed by atoms with van der Waals surface area (Å²) in [4.78, 5) is 25.5. The number of hydrogen-bond donors (Lipinski definition) is 0. The standard InChI is InChI=1S/C45H40O8/c46-44(52-32-38-21-40(48-28-34-13-5-1-6-14-34)25-41(22-38)49-29-35-15-7-2-8-16-35)27-45(47)53-33-39-23-42(50-30-36-17-9-3-10-18-36)26-43(24-39)51-31-37-19-11-4-12-20-37/h1-26H,27-33H2. The topological polar surface area (TPSA) is 89.5 Å². The third kappa shape index (κ3) is 12.3. The normalized spacial score (nSPS) is 10.6. The van der Waals surface area contributed by atoms with Crippen molar-refractivity contribution in [2.75, 3.05) is 0 Å². The largest absolute Gasteiger partial charge is 0.489 e. The molecule has 0 N–H and O–H groups in total. The van der Waals surface area contributed by atoms with Crippen LogP contribution in [0.1, 0.15) is 39.8 Å². The summed E-state index contributed by atoms with van der Waals surface area (Å²) in [5.41, 5.74) is 5.34. The minimum absolute atomic E-state index is 0.0841. The van der Waals surface area contributed by atoms with E-state index in [9.17, 15) is 9.59 Å². The minimum Gasteiger partial charge on any atom is -0.489 e. The summed E-state index contributed by atoms with van der Waals surface area (Å²) >= 11 is 0. The van der Waals surface area contributed by atoms with Crippen molar-refractivity contribution in [3.8, 4) is 23.0 Å². The second-order valence-electron chi connectivity index (χ2n) is 12.2. The van der Waals surface area contributed by atoms with E-state index in [1.807, 2.05) is 121 Å². The van der Waals surface area contributed by atoms with E-state index in [1.54, 1.807) is 36.4 Å². The summed E-state index contributed by atoms with van der Waals surface area (Å²) in [5.74, 6) is 0.811. The summed E-state index contributed by atoms with van der Waals surface area (Å²) in [6.45, 7) is 1.26. The molecule has 0 aliphatic heterocycles. The Bertz CT molecular complexity index is 1760. The van der Waals surface area contributed by atoms with Crippen molar-refractivity contribution in [2.45, 2.75) is 46.1 Å². The van der Waals surface area contributed by atoms with E-state index in [2.05, 4.69) is 0 Å². The first-order valence-electron chi connectivity index (χ1n) is 17.3. The summed E-state index contributed by atoms with van der Waals surface area (Å²) in [6, 6.07) is 50.0. The number of hydrogen-bond acceptors (Lipinski definition) is 8. The van der Waals surface area contributed by atoms with Crippen LogP contribution < -0.4 is 18.9 Å². The van der Waals surface area contributed by atoms with Crippen molar-refractivity contribution in [2.24, 2.45) is 0 Å². The Morgan fingerprint density at radius 2 is 0.585 bits per heavy atom. The Hall–Kier alpha value is -6.54. The van der Waals surface area contributed by atoms with Gasteiger partial charge in [0.25, 0.3) is 0 Å². The molecule has 6 aromatic rings. The average molecular weight is 709 g/mol. The van der Waals surface area contributed by atoms with Crippen molar-refractivity contribution >= 4 is 11.9 Å². The fourth-order valence-electron chi connectivity index (χ4n) is 5.27. The SMILES string of the molecule is O=C(CC(=O)OCc1cc(OCc2ccccc2)cc(OCc2ccccc2)c1)OCc1cc(OCc2ccccc2)cc(OCc2ccccc2)c1. The maximum Gasteiger partial charge on any atom is 0.317 e. The molecule has 0 radical (unpaired) electrons. The van der Waals surface area contributed by atoms with Crippen molar-refractivity contribution in [1.82, 2.24) is 0 Å². The zero-order valence-corrected chi connectivity index (χ0v) is 29.2. The van der Waals surface area contributed by atoms with Crippen molar-refractivity contribution in [1.29, 1.82) is 0 Å². The molecule has 0 aliphatic rings. The monoisotopic (exact) mass is 708 g/mol. The first-order valence-corrected chi connectivity index (χ1v) is 17.3. The predicted molar refractivity (Wildman–Crippen MR) is 200 cm³/mol. The lowest BCUT2D eigenvalue weighted by molar-refractivity contribution is -0.156. The molecule has 0 fully saturated rings. The van der Waals surface area contributed by atoms with E-state index in [0.29, 0.717) is 60.6 Å². The molecule has 0 aliphatic carbocycles. The molecule has 0 aromatic heterocycles. The molecule has 0 saturated carbocycles. The van der Waals surface area contributed by atoms with Gasteiger partial charge in [0.15, 0.2) is 0 Å². The molecule has 0 spiro atoms. The zero-order valence-electron chi connectivity index (χ0n) is 29.2. The summed E-state index contributed by atoms with van der Waals surface area (Å²) < 4.78 is 35.2. The number of rotatable bonds is 18. The van der Waals surface area contributed by atoms with Crippen LogP contribution in [-0.4, -0.2) is 11.9 Å². The second kappa shape index (κ2) is 19.2. The molecule has 0 atom stereocenters. The number of carbonyl (C=O) groups excluding carboxylic acids is 2. The minimum atomic E-state index is -0.718. The molecular formula is C45H40O8.